The van der Waals surface area contributed by atoms with Crippen molar-refractivity contribution in [2.75, 3.05) is 19.7 Å². The number of likely N-dealkylation sites (tertiary alicyclic amines) is 1. The second kappa shape index (κ2) is 13.2. The van der Waals surface area contributed by atoms with Gasteiger partial charge in [-0.25, -0.2) is 0 Å². The molecule has 196 valence electrons. The molecule has 2 amide bonds. The van der Waals surface area contributed by atoms with Gasteiger partial charge in [-0.05, 0) is 43.2 Å². The predicted octanol–water partition coefficient (Wildman–Crippen LogP) is 3.59. The first-order chi connectivity index (χ1) is 18.0. The van der Waals surface area contributed by atoms with Crippen LogP contribution in [0, 0.1) is 11.8 Å². The lowest BCUT2D eigenvalue weighted by atomic mass is 9.94. The van der Waals surface area contributed by atoms with Crippen molar-refractivity contribution in [1.29, 1.82) is 0 Å². The smallest absolute Gasteiger partial charge is 0.310 e. The van der Waals surface area contributed by atoms with Gasteiger partial charge in [0.2, 0.25) is 11.8 Å². The van der Waals surface area contributed by atoms with Crippen molar-refractivity contribution in [2.45, 2.75) is 50.7 Å². The highest BCUT2D eigenvalue weighted by atomic mass is 16.5. The average molecular weight is 505 g/mol. The lowest BCUT2D eigenvalue weighted by molar-refractivity contribution is -0.155. The van der Waals surface area contributed by atoms with Gasteiger partial charge in [-0.3, -0.25) is 14.4 Å². The van der Waals surface area contributed by atoms with Crippen LogP contribution >= 0.6 is 0 Å². The van der Waals surface area contributed by atoms with Crippen LogP contribution in [0.1, 0.15) is 49.3 Å². The Hall–Kier alpha value is -3.45. The van der Waals surface area contributed by atoms with Crippen molar-refractivity contribution >= 4 is 17.8 Å². The van der Waals surface area contributed by atoms with E-state index in [9.17, 15) is 19.5 Å². The van der Waals surface area contributed by atoms with Crippen LogP contribution in [0.5, 0.6) is 0 Å². The summed E-state index contributed by atoms with van der Waals surface area (Å²) in [7, 11) is 0. The Labute approximate surface area is 218 Å². The van der Waals surface area contributed by atoms with Crippen molar-refractivity contribution in [3.8, 4) is 0 Å². The van der Waals surface area contributed by atoms with Crippen molar-refractivity contribution < 1.29 is 24.2 Å². The number of nitrogens with zero attached hydrogens (tertiary/aromatic N) is 1. The molecular weight excluding hydrogens is 468 g/mol. The molecule has 4 rings (SSSR count). The van der Waals surface area contributed by atoms with Crippen LogP contribution in [0.15, 0.2) is 72.8 Å². The van der Waals surface area contributed by atoms with Gasteiger partial charge in [-0.1, -0.05) is 72.8 Å². The molecule has 7 heteroatoms. The van der Waals surface area contributed by atoms with E-state index in [0.29, 0.717) is 25.8 Å². The molecule has 0 aromatic heterocycles. The summed E-state index contributed by atoms with van der Waals surface area (Å²) < 4.78 is 5.98. The Kier molecular flexibility index (Phi) is 9.49. The molecule has 2 aromatic carbocycles. The van der Waals surface area contributed by atoms with E-state index < -0.39 is 12.0 Å². The minimum Gasteiger partial charge on any atom is -0.455 e. The number of esters is 1. The zero-order valence-electron chi connectivity index (χ0n) is 21.1. The van der Waals surface area contributed by atoms with Crippen LogP contribution in [-0.2, 0) is 25.5 Å². The van der Waals surface area contributed by atoms with Crippen LogP contribution in [0.4, 0.5) is 0 Å². The Balaban J connectivity index is 1.54. The molecule has 2 aliphatic rings. The molecule has 0 radical (unpaired) electrons. The zero-order valence-corrected chi connectivity index (χ0v) is 21.1. The van der Waals surface area contributed by atoms with Crippen molar-refractivity contribution in [1.82, 2.24) is 10.2 Å². The van der Waals surface area contributed by atoms with Crippen LogP contribution in [0.3, 0.4) is 0 Å². The fourth-order valence-electron chi connectivity index (χ4n) is 5.12. The van der Waals surface area contributed by atoms with Gasteiger partial charge in [0.15, 0.2) is 0 Å². The molecule has 0 unspecified atom stereocenters. The monoisotopic (exact) mass is 504 g/mol. The normalized spacial score (nSPS) is 25.1. The SMILES string of the molecule is O=C1NC[C@@H](c2ccccc2)OC(=O)[C@@H](Cc2ccccc2)CC=CC[C@@H]1CC(=O)N1CCC[C@H]1CO. The maximum atomic E-state index is 13.3. The summed E-state index contributed by atoms with van der Waals surface area (Å²) in [4.78, 5) is 41.2. The van der Waals surface area contributed by atoms with E-state index in [1.165, 1.54) is 0 Å². The molecule has 1 saturated heterocycles. The third-order valence-electron chi connectivity index (χ3n) is 7.26. The van der Waals surface area contributed by atoms with Gasteiger partial charge in [-0.2, -0.15) is 0 Å². The highest BCUT2D eigenvalue weighted by Gasteiger charge is 2.32. The summed E-state index contributed by atoms with van der Waals surface area (Å²) in [5, 5.41) is 12.6. The number of carbonyl (C=O) groups is 3. The fraction of sp³-hybridized carbons (Fsp3) is 0.433. The minimum atomic E-state index is -0.631. The largest absolute Gasteiger partial charge is 0.455 e. The number of nitrogens with one attached hydrogen (secondary N) is 1. The Morgan fingerprint density at radius 2 is 1.65 bits per heavy atom. The van der Waals surface area contributed by atoms with E-state index in [1.54, 1.807) is 4.90 Å². The van der Waals surface area contributed by atoms with Gasteiger partial charge in [0, 0.05) is 13.0 Å². The summed E-state index contributed by atoms with van der Waals surface area (Å²) in [5.41, 5.74) is 1.86. The molecule has 2 aromatic rings. The topological polar surface area (TPSA) is 95.9 Å². The maximum absolute atomic E-state index is 13.3. The van der Waals surface area contributed by atoms with Crippen LogP contribution in [0.25, 0.3) is 0 Å². The van der Waals surface area contributed by atoms with Crippen LogP contribution < -0.4 is 5.32 Å². The van der Waals surface area contributed by atoms with Gasteiger partial charge in [0.25, 0.3) is 0 Å². The summed E-state index contributed by atoms with van der Waals surface area (Å²) >= 11 is 0. The maximum Gasteiger partial charge on any atom is 0.310 e. The van der Waals surface area contributed by atoms with E-state index in [2.05, 4.69) is 5.32 Å². The number of aliphatic hydroxyl groups excluding tert-OH is 1. The second-order valence-electron chi connectivity index (χ2n) is 9.88. The molecule has 2 aliphatic heterocycles. The number of carbonyl (C=O) groups excluding carboxylic acids is 3. The van der Waals surface area contributed by atoms with E-state index in [0.717, 1.165) is 24.0 Å². The number of hydrogen-bond acceptors (Lipinski definition) is 5. The highest BCUT2D eigenvalue weighted by molar-refractivity contribution is 5.86. The molecule has 0 bridgehead atoms. The average Bonchev–Trinajstić information content (AvgIpc) is 3.41. The summed E-state index contributed by atoms with van der Waals surface area (Å²) in [6, 6.07) is 19.1. The molecule has 2 N–H and O–H groups in total. The van der Waals surface area contributed by atoms with Gasteiger partial charge < -0.3 is 20.1 Å². The lowest BCUT2D eigenvalue weighted by Crippen LogP contribution is -2.41. The molecule has 2 heterocycles. The predicted molar refractivity (Wildman–Crippen MR) is 140 cm³/mol. The van der Waals surface area contributed by atoms with E-state index in [4.69, 9.17) is 4.74 Å². The first kappa shape index (κ1) is 26.6. The summed E-state index contributed by atoms with van der Waals surface area (Å²) in [5.74, 6) is -1.55. The third-order valence-corrected chi connectivity index (χ3v) is 7.26. The first-order valence-electron chi connectivity index (χ1n) is 13.2. The summed E-state index contributed by atoms with van der Waals surface area (Å²) in [6.07, 6.45) is 6.35. The van der Waals surface area contributed by atoms with Crippen molar-refractivity contribution in [3.63, 3.8) is 0 Å². The molecule has 7 nitrogen and oxygen atoms in total. The number of ether oxygens (including phenoxy) is 1. The van der Waals surface area contributed by atoms with Crippen molar-refractivity contribution in [3.05, 3.63) is 83.9 Å². The Morgan fingerprint density at radius 1 is 0.973 bits per heavy atom. The molecule has 0 spiro atoms. The van der Waals surface area contributed by atoms with Gasteiger partial charge in [-0.15, -0.1) is 0 Å². The number of rotatable bonds is 6. The molecule has 4 atom stereocenters. The molecule has 0 saturated carbocycles. The number of cyclic esters (lactones) is 1. The molecule has 0 aliphatic carbocycles. The highest BCUT2D eigenvalue weighted by Crippen LogP contribution is 2.25. The Morgan fingerprint density at radius 3 is 2.35 bits per heavy atom. The van der Waals surface area contributed by atoms with E-state index in [1.807, 2.05) is 72.8 Å². The van der Waals surface area contributed by atoms with Crippen LogP contribution in [0.2, 0.25) is 0 Å². The van der Waals surface area contributed by atoms with Crippen molar-refractivity contribution in [2.24, 2.45) is 11.8 Å². The van der Waals surface area contributed by atoms with Gasteiger partial charge >= 0.3 is 5.97 Å². The number of benzene rings is 2. The van der Waals surface area contributed by atoms with E-state index in [-0.39, 0.29) is 49.3 Å². The fourth-order valence-corrected chi connectivity index (χ4v) is 5.12. The zero-order chi connectivity index (χ0) is 26.0. The number of allylic oxidation sites excluding steroid dienone is 2. The van der Waals surface area contributed by atoms with Gasteiger partial charge in [0.05, 0.1) is 31.0 Å². The molecule has 37 heavy (non-hydrogen) atoms. The molecule has 1 fully saturated rings. The lowest BCUT2D eigenvalue weighted by Gasteiger charge is -2.26. The minimum absolute atomic E-state index is 0.0601. The quantitative estimate of drug-likeness (QED) is 0.463. The van der Waals surface area contributed by atoms with Crippen LogP contribution in [-0.4, -0.2) is 53.5 Å². The molecular formula is C30H36N2O5. The van der Waals surface area contributed by atoms with Gasteiger partial charge in [0.1, 0.15) is 6.10 Å². The third kappa shape index (κ3) is 7.29. The summed E-state index contributed by atoms with van der Waals surface area (Å²) in [6.45, 7) is 0.681. The number of aliphatic hydroxyl groups is 1. The van der Waals surface area contributed by atoms with E-state index >= 15 is 0 Å². The Bertz CT molecular complexity index is 1070. The number of amides is 2. The standard InChI is InChI=1S/C30H36N2O5/c33-21-26-16-9-17-32(26)28(34)19-24-14-7-8-15-25(18-22-10-3-1-4-11-22)30(36)37-27(20-31-29(24)35)23-12-5-2-6-13-23/h1-8,10-13,24-27,33H,9,14-21H2,(H,31,35)/t24-,25-,26+,27+/m1/s1. The second-order valence-corrected chi connectivity index (χ2v) is 9.88. The first-order valence-corrected chi connectivity index (χ1v) is 13.2. The number of hydrogen-bond donors (Lipinski definition) is 2.